The minimum absolute atomic E-state index is 0.0283. The molecule has 0 radical (unpaired) electrons. The van der Waals surface area contributed by atoms with Crippen molar-refractivity contribution < 1.29 is 4.79 Å². The number of carbonyl (C=O) groups is 1. The molecule has 2 N–H and O–H groups in total. The molecule has 0 atom stereocenters. The fraction of sp³-hybridized carbons (Fsp3) is 0.467. The summed E-state index contributed by atoms with van der Waals surface area (Å²) in [6.45, 7) is 0. The third-order valence-electron chi connectivity index (χ3n) is 4.70. The van der Waals surface area contributed by atoms with Gasteiger partial charge in [0.1, 0.15) is 5.69 Å². The maximum absolute atomic E-state index is 12.4. The summed E-state index contributed by atoms with van der Waals surface area (Å²) in [5.74, 6) is 0.739. The number of aromatic nitrogens is 2. The highest BCUT2D eigenvalue weighted by atomic mass is 16.2. The molecule has 0 saturated heterocycles. The Morgan fingerprint density at radius 3 is 2.89 bits per heavy atom. The number of carbonyl (C=O) groups excluding carboxylic acids is 1. The van der Waals surface area contributed by atoms with Crippen LogP contribution in [0.2, 0.25) is 0 Å². The van der Waals surface area contributed by atoms with Crippen molar-refractivity contribution in [1.29, 1.82) is 0 Å². The molecule has 2 heterocycles. The summed E-state index contributed by atoms with van der Waals surface area (Å²) in [4.78, 5) is 19.6. The number of aromatic amines is 1. The first-order chi connectivity index (χ1) is 9.27. The van der Waals surface area contributed by atoms with Crippen LogP contribution in [0.4, 0.5) is 0 Å². The minimum atomic E-state index is 0.0283. The molecule has 4 rings (SSSR count). The first-order valence-electron chi connectivity index (χ1n) is 7.02. The van der Waals surface area contributed by atoms with Gasteiger partial charge in [-0.3, -0.25) is 9.78 Å². The Morgan fingerprint density at radius 2 is 2.26 bits per heavy atom. The number of hydrogen-bond donors (Lipinski definition) is 2. The zero-order chi connectivity index (χ0) is 12.9. The van der Waals surface area contributed by atoms with Gasteiger partial charge in [0.15, 0.2) is 0 Å². The average molecular weight is 255 g/mol. The molecule has 2 fully saturated rings. The third-order valence-corrected chi connectivity index (χ3v) is 4.70. The van der Waals surface area contributed by atoms with Crippen molar-refractivity contribution in [2.75, 3.05) is 0 Å². The van der Waals surface area contributed by atoms with E-state index in [4.69, 9.17) is 0 Å². The third kappa shape index (κ3) is 1.74. The van der Waals surface area contributed by atoms with Crippen LogP contribution in [0.1, 0.15) is 42.6 Å². The summed E-state index contributed by atoms with van der Waals surface area (Å²) in [5, 5.41) is 4.24. The second-order valence-electron chi connectivity index (χ2n) is 5.88. The summed E-state index contributed by atoms with van der Waals surface area (Å²) in [7, 11) is 0. The topological polar surface area (TPSA) is 57.8 Å². The fourth-order valence-corrected chi connectivity index (χ4v) is 3.12. The van der Waals surface area contributed by atoms with Crippen molar-refractivity contribution in [1.82, 2.24) is 15.3 Å². The Hall–Kier alpha value is -1.84. The van der Waals surface area contributed by atoms with Crippen molar-refractivity contribution in [3.8, 4) is 0 Å². The standard InChI is InChI=1S/C15H17N3O/c19-14(18-15(5-6-15)11-2-1-3-11)13-8-10-9-16-7-4-12(10)17-13/h4,7-9,11,17H,1-3,5-6H2,(H,18,19). The highest BCUT2D eigenvalue weighted by molar-refractivity contribution is 5.98. The van der Waals surface area contributed by atoms with E-state index in [9.17, 15) is 4.79 Å². The quantitative estimate of drug-likeness (QED) is 0.885. The van der Waals surface area contributed by atoms with Gasteiger partial charge < -0.3 is 10.3 Å². The second kappa shape index (κ2) is 3.83. The lowest BCUT2D eigenvalue weighted by Gasteiger charge is -2.34. The highest BCUT2D eigenvalue weighted by Crippen LogP contribution is 2.50. The lowest BCUT2D eigenvalue weighted by molar-refractivity contribution is 0.0882. The van der Waals surface area contributed by atoms with Gasteiger partial charge in [-0.2, -0.15) is 0 Å². The summed E-state index contributed by atoms with van der Waals surface area (Å²) >= 11 is 0. The number of rotatable bonds is 3. The maximum Gasteiger partial charge on any atom is 0.268 e. The van der Waals surface area contributed by atoms with Gasteiger partial charge in [0.25, 0.3) is 5.91 Å². The molecule has 0 aromatic carbocycles. The number of nitrogens with zero attached hydrogens (tertiary/aromatic N) is 1. The van der Waals surface area contributed by atoms with Crippen LogP contribution in [0.25, 0.3) is 10.9 Å². The van der Waals surface area contributed by atoms with Crippen LogP contribution >= 0.6 is 0 Å². The van der Waals surface area contributed by atoms with Gasteiger partial charge in [0.05, 0.1) is 0 Å². The molecule has 4 nitrogen and oxygen atoms in total. The molecular weight excluding hydrogens is 238 g/mol. The van der Waals surface area contributed by atoms with E-state index in [2.05, 4.69) is 15.3 Å². The van der Waals surface area contributed by atoms with E-state index in [0.717, 1.165) is 23.7 Å². The first-order valence-corrected chi connectivity index (χ1v) is 7.02. The van der Waals surface area contributed by atoms with Crippen molar-refractivity contribution in [2.45, 2.75) is 37.6 Å². The zero-order valence-corrected chi connectivity index (χ0v) is 10.8. The smallest absolute Gasteiger partial charge is 0.268 e. The molecule has 2 aromatic rings. The van der Waals surface area contributed by atoms with Crippen molar-refractivity contribution in [2.24, 2.45) is 5.92 Å². The van der Waals surface area contributed by atoms with Crippen molar-refractivity contribution in [3.05, 3.63) is 30.2 Å². The Bertz CT molecular complexity index is 605. The van der Waals surface area contributed by atoms with Crippen LogP contribution in [0.15, 0.2) is 24.5 Å². The summed E-state index contributed by atoms with van der Waals surface area (Å²) < 4.78 is 0. The maximum atomic E-state index is 12.4. The highest BCUT2D eigenvalue weighted by Gasteiger charge is 2.52. The zero-order valence-electron chi connectivity index (χ0n) is 10.8. The minimum Gasteiger partial charge on any atom is -0.350 e. The Morgan fingerprint density at radius 1 is 1.42 bits per heavy atom. The van der Waals surface area contributed by atoms with E-state index in [1.807, 2.05) is 12.1 Å². The average Bonchev–Trinajstić information content (AvgIpc) is 2.95. The molecule has 0 aliphatic heterocycles. The SMILES string of the molecule is O=C(NC1(C2CCC2)CC1)c1cc2cnccc2[nH]1. The Balaban J connectivity index is 1.56. The number of fused-ring (bicyclic) bond motifs is 1. The number of hydrogen-bond acceptors (Lipinski definition) is 2. The summed E-state index contributed by atoms with van der Waals surface area (Å²) in [5.41, 5.74) is 1.73. The molecule has 0 bridgehead atoms. The van der Waals surface area contributed by atoms with E-state index in [1.165, 1.54) is 19.3 Å². The van der Waals surface area contributed by atoms with Gasteiger partial charge >= 0.3 is 0 Å². The molecule has 98 valence electrons. The predicted octanol–water partition coefficient (Wildman–Crippen LogP) is 2.63. The molecule has 2 saturated carbocycles. The van der Waals surface area contributed by atoms with E-state index < -0.39 is 0 Å². The molecule has 0 spiro atoms. The van der Waals surface area contributed by atoms with Crippen LogP contribution in [-0.4, -0.2) is 21.4 Å². The van der Waals surface area contributed by atoms with E-state index >= 15 is 0 Å². The monoisotopic (exact) mass is 255 g/mol. The molecule has 2 aliphatic carbocycles. The van der Waals surface area contributed by atoms with Gasteiger partial charge in [-0.05, 0) is 43.7 Å². The van der Waals surface area contributed by atoms with Crippen LogP contribution in [-0.2, 0) is 0 Å². The van der Waals surface area contributed by atoms with Gasteiger partial charge in [0.2, 0.25) is 0 Å². The summed E-state index contributed by atoms with van der Waals surface area (Å²) in [6, 6.07) is 3.78. The lowest BCUT2D eigenvalue weighted by Crippen LogP contribution is -2.45. The molecule has 2 aromatic heterocycles. The Labute approximate surface area is 111 Å². The van der Waals surface area contributed by atoms with Gasteiger partial charge in [0, 0.05) is 28.8 Å². The largest absolute Gasteiger partial charge is 0.350 e. The molecule has 1 amide bonds. The molecule has 4 heteroatoms. The summed E-state index contributed by atoms with van der Waals surface area (Å²) in [6.07, 6.45) is 9.67. The van der Waals surface area contributed by atoms with Crippen LogP contribution in [0, 0.1) is 5.92 Å². The first kappa shape index (κ1) is 11.0. The van der Waals surface area contributed by atoms with Crippen LogP contribution < -0.4 is 5.32 Å². The molecular formula is C15H17N3O. The number of amides is 1. The second-order valence-corrected chi connectivity index (χ2v) is 5.88. The molecule has 19 heavy (non-hydrogen) atoms. The van der Waals surface area contributed by atoms with E-state index in [1.54, 1.807) is 12.4 Å². The van der Waals surface area contributed by atoms with Crippen LogP contribution in [0.3, 0.4) is 0 Å². The normalized spacial score (nSPS) is 21.1. The van der Waals surface area contributed by atoms with Gasteiger partial charge in [-0.25, -0.2) is 0 Å². The number of pyridine rings is 1. The number of nitrogens with one attached hydrogen (secondary N) is 2. The van der Waals surface area contributed by atoms with Crippen molar-refractivity contribution >= 4 is 16.8 Å². The molecule has 0 unspecified atom stereocenters. The predicted molar refractivity (Wildman–Crippen MR) is 72.9 cm³/mol. The Kier molecular flexibility index (Phi) is 2.22. The number of H-pyrrole nitrogens is 1. The van der Waals surface area contributed by atoms with Gasteiger partial charge in [-0.1, -0.05) is 6.42 Å². The van der Waals surface area contributed by atoms with E-state index in [-0.39, 0.29) is 11.4 Å². The van der Waals surface area contributed by atoms with E-state index in [0.29, 0.717) is 11.6 Å². The van der Waals surface area contributed by atoms with Crippen molar-refractivity contribution in [3.63, 3.8) is 0 Å². The van der Waals surface area contributed by atoms with Crippen LogP contribution in [0.5, 0.6) is 0 Å². The van der Waals surface area contributed by atoms with Gasteiger partial charge in [-0.15, -0.1) is 0 Å². The molecule has 2 aliphatic rings. The lowest BCUT2D eigenvalue weighted by atomic mass is 9.78. The fourth-order valence-electron chi connectivity index (χ4n) is 3.12.